The van der Waals surface area contributed by atoms with Crippen LogP contribution in [0.3, 0.4) is 0 Å². The number of hydrogen-bond acceptors (Lipinski definition) is 3. The zero-order valence-corrected chi connectivity index (χ0v) is 14.7. The molecule has 3 nitrogen and oxygen atoms in total. The molecule has 0 aromatic heterocycles. The SMILES string of the molecule is CC(C)CN1CCC(N2CCC(COC(C)C)CC2)CC1. The average molecular weight is 296 g/mol. The number of nitrogens with zero attached hydrogens (tertiary/aromatic N) is 2. The van der Waals surface area contributed by atoms with Crippen molar-refractivity contribution in [1.82, 2.24) is 9.80 Å². The van der Waals surface area contributed by atoms with E-state index in [0.717, 1.165) is 24.5 Å². The average Bonchev–Trinajstić information content (AvgIpc) is 2.46. The summed E-state index contributed by atoms with van der Waals surface area (Å²) in [6, 6.07) is 0.848. The monoisotopic (exact) mass is 296 g/mol. The highest BCUT2D eigenvalue weighted by molar-refractivity contribution is 4.83. The molecule has 0 N–H and O–H groups in total. The molecule has 3 heteroatoms. The Labute approximate surface area is 132 Å². The van der Waals surface area contributed by atoms with Crippen molar-refractivity contribution in [3.8, 4) is 0 Å². The van der Waals surface area contributed by atoms with E-state index < -0.39 is 0 Å². The molecule has 0 unspecified atom stereocenters. The first-order chi connectivity index (χ1) is 10.0. The van der Waals surface area contributed by atoms with Gasteiger partial charge < -0.3 is 14.5 Å². The van der Waals surface area contributed by atoms with Gasteiger partial charge in [0, 0.05) is 19.2 Å². The summed E-state index contributed by atoms with van der Waals surface area (Å²) in [6.45, 7) is 16.4. The van der Waals surface area contributed by atoms with Crippen LogP contribution < -0.4 is 0 Å². The number of ether oxygens (including phenoxy) is 1. The van der Waals surface area contributed by atoms with Crippen LogP contribution in [-0.2, 0) is 4.74 Å². The summed E-state index contributed by atoms with van der Waals surface area (Å²) in [4.78, 5) is 5.42. The van der Waals surface area contributed by atoms with Gasteiger partial charge >= 0.3 is 0 Å². The van der Waals surface area contributed by atoms with E-state index in [1.165, 1.54) is 58.4 Å². The van der Waals surface area contributed by atoms with E-state index in [1.807, 2.05) is 0 Å². The Morgan fingerprint density at radius 1 is 0.905 bits per heavy atom. The van der Waals surface area contributed by atoms with Crippen LogP contribution >= 0.6 is 0 Å². The fourth-order valence-corrected chi connectivity index (χ4v) is 3.80. The largest absolute Gasteiger partial charge is 0.379 e. The van der Waals surface area contributed by atoms with Crippen molar-refractivity contribution in [1.29, 1.82) is 0 Å². The molecule has 0 amide bonds. The van der Waals surface area contributed by atoms with Gasteiger partial charge in [-0.15, -0.1) is 0 Å². The minimum absolute atomic E-state index is 0.383. The molecular formula is C18H36N2O. The molecule has 2 saturated heterocycles. The Morgan fingerprint density at radius 3 is 2.05 bits per heavy atom. The van der Waals surface area contributed by atoms with Crippen LogP contribution in [0.2, 0.25) is 0 Å². The summed E-state index contributed by atoms with van der Waals surface area (Å²) in [7, 11) is 0. The van der Waals surface area contributed by atoms with Gasteiger partial charge in [0.2, 0.25) is 0 Å². The van der Waals surface area contributed by atoms with Gasteiger partial charge in [0.15, 0.2) is 0 Å². The summed E-state index contributed by atoms with van der Waals surface area (Å²) in [5.41, 5.74) is 0. The van der Waals surface area contributed by atoms with Gasteiger partial charge in [-0.25, -0.2) is 0 Å². The minimum atomic E-state index is 0.383. The maximum absolute atomic E-state index is 5.79. The van der Waals surface area contributed by atoms with E-state index in [1.54, 1.807) is 0 Å². The van der Waals surface area contributed by atoms with Crippen molar-refractivity contribution in [2.45, 2.75) is 65.5 Å². The molecule has 0 aromatic rings. The Balaban J connectivity index is 1.64. The van der Waals surface area contributed by atoms with Crippen LogP contribution in [0.1, 0.15) is 53.4 Å². The minimum Gasteiger partial charge on any atom is -0.379 e. The molecule has 0 spiro atoms. The van der Waals surface area contributed by atoms with Crippen LogP contribution in [0.25, 0.3) is 0 Å². The summed E-state index contributed by atoms with van der Waals surface area (Å²) >= 11 is 0. The van der Waals surface area contributed by atoms with E-state index in [0.29, 0.717) is 6.10 Å². The molecule has 2 fully saturated rings. The van der Waals surface area contributed by atoms with Gasteiger partial charge in [-0.3, -0.25) is 0 Å². The lowest BCUT2D eigenvalue weighted by atomic mass is 9.94. The second-order valence-electron chi connectivity index (χ2n) is 7.79. The first-order valence-electron chi connectivity index (χ1n) is 9.12. The highest BCUT2D eigenvalue weighted by Crippen LogP contribution is 2.24. The Hall–Kier alpha value is -0.120. The molecule has 2 aliphatic heterocycles. The van der Waals surface area contributed by atoms with Gasteiger partial charge in [0.25, 0.3) is 0 Å². The third kappa shape index (κ3) is 5.88. The second-order valence-corrected chi connectivity index (χ2v) is 7.79. The molecule has 0 aromatic carbocycles. The highest BCUT2D eigenvalue weighted by Gasteiger charge is 2.28. The van der Waals surface area contributed by atoms with Crippen LogP contribution in [0.5, 0.6) is 0 Å². The molecule has 0 saturated carbocycles. The standard InChI is InChI=1S/C18H36N2O/c1-15(2)13-19-9-7-18(8-10-19)20-11-5-17(6-12-20)14-21-16(3)4/h15-18H,5-14H2,1-4H3. The van der Waals surface area contributed by atoms with Crippen LogP contribution in [0.15, 0.2) is 0 Å². The first-order valence-corrected chi connectivity index (χ1v) is 9.12. The topological polar surface area (TPSA) is 15.7 Å². The zero-order chi connectivity index (χ0) is 15.2. The lowest BCUT2D eigenvalue weighted by Gasteiger charge is -2.42. The van der Waals surface area contributed by atoms with E-state index >= 15 is 0 Å². The van der Waals surface area contributed by atoms with Crippen molar-refractivity contribution in [3.63, 3.8) is 0 Å². The van der Waals surface area contributed by atoms with E-state index in [2.05, 4.69) is 37.5 Å². The van der Waals surface area contributed by atoms with E-state index in [9.17, 15) is 0 Å². The van der Waals surface area contributed by atoms with Gasteiger partial charge in [0.1, 0.15) is 0 Å². The normalized spacial score (nSPS) is 24.3. The molecule has 0 aliphatic carbocycles. The zero-order valence-electron chi connectivity index (χ0n) is 14.7. The van der Waals surface area contributed by atoms with Crippen molar-refractivity contribution < 1.29 is 4.74 Å². The number of piperidine rings is 2. The fourth-order valence-electron chi connectivity index (χ4n) is 3.80. The van der Waals surface area contributed by atoms with Gasteiger partial charge in [-0.1, -0.05) is 13.8 Å². The van der Waals surface area contributed by atoms with Crippen molar-refractivity contribution in [2.24, 2.45) is 11.8 Å². The maximum Gasteiger partial charge on any atom is 0.0519 e. The molecule has 2 aliphatic rings. The highest BCUT2D eigenvalue weighted by atomic mass is 16.5. The van der Waals surface area contributed by atoms with Gasteiger partial charge in [-0.2, -0.15) is 0 Å². The Morgan fingerprint density at radius 2 is 1.52 bits per heavy atom. The Bertz CT molecular complexity index is 277. The van der Waals surface area contributed by atoms with Gasteiger partial charge in [0.05, 0.1) is 6.10 Å². The molecule has 0 radical (unpaired) electrons. The quantitative estimate of drug-likeness (QED) is 0.748. The second kappa shape index (κ2) is 8.50. The Kier molecular flexibility index (Phi) is 6.97. The number of rotatable bonds is 6. The predicted molar refractivity (Wildman–Crippen MR) is 89.7 cm³/mol. The third-order valence-electron chi connectivity index (χ3n) is 5.01. The molecule has 124 valence electrons. The number of hydrogen-bond donors (Lipinski definition) is 0. The van der Waals surface area contributed by atoms with Crippen molar-refractivity contribution in [3.05, 3.63) is 0 Å². The molecule has 2 rings (SSSR count). The lowest BCUT2D eigenvalue weighted by molar-refractivity contribution is 0.0163. The maximum atomic E-state index is 5.79. The van der Waals surface area contributed by atoms with E-state index in [-0.39, 0.29) is 0 Å². The summed E-state index contributed by atoms with van der Waals surface area (Å²) in [6.07, 6.45) is 5.80. The van der Waals surface area contributed by atoms with Crippen LogP contribution in [0, 0.1) is 11.8 Å². The van der Waals surface area contributed by atoms with Crippen LogP contribution in [0.4, 0.5) is 0 Å². The summed E-state index contributed by atoms with van der Waals surface area (Å²) in [5, 5.41) is 0. The van der Waals surface area contributed by atoms with Gasteiger partial charge in [-0.05, 0) is 77.5 Å². The molecule has 0 atom stereocenters. The molecule has 0 bridgehead atoms. The predicted octanol–water partition coefficient (Wildman–Crippen LogP) is 3.24. The third-order valence-corrected chi connectivity index (χ3v) is 5.01. The fraction of sp³-hybridized carbons (Fsp3) is 1.00. The molecule has 21 heavy (non-hydrogen) atoms. The smallest absolute Gasteiger partial charge is 0.0519 e. The summed E-state index contributed by atoms with van der Waals surface area (Å²) < 4.78 is 5.79. The van der Waals surface area contributed by atoms with E-state index in [4.69, 9.17) is 4.74 Å². The van der Waals surface area contributed by atoms with Crippen LogP contribution in [-0.4, -0.2) is 61.3 Å². The van der Waals surface area contributed by atoms with Crippen molar-refractivity contribution >= 4 is 0 Å². The first kappa shape index (κ1) is 17.2. The summed E-state index contributed by atoms with van der Waals surface area (Å²) in [5.74, 6) is 1.60. The lowest BCUT2D eigenvalue weighted by Crippen LogP contribution is -2.48. The molecule has 2 heterocycles. The number of likely N-dealkylation sites (tertiary alicyclic amines) is 2. The molecular weight excluding hydrogens is 260 g/mol. The van der Waals surface area contributed by atoms with Crippen molar-refractivity contribution in [2.75, 3.05) is 39.3 Å².